The molecule has 0 amide bonds. The molecule has 116 valence electrons. The van der Waals surface area contributed by atoms with Crippen molar-refractivity contribution in [3.8, 4) is 5.75 Å². The SMILES string of the molecule is COC(=O)C1=C(C)NC(C)=C(C(=O)O)C1c1cccc(O)c1. The van der Waals surface area contributed by atoms with Crippen LogP contribution < -0.4 is 5.32 Å². The number of carboxylic acid groups (broad SMARTS) is 1. The number of dihydropyridines is 1. The third-order valence-corrected chi connectivity index (χ3v) is 3.60. The fourth-order valence-corrected chi connectivity index (χ4v) is 2.70. The summed E-state index contributed by atoms with van der Waals surface area (Å²) in [5.41, 5.74) is 1.76. The second-order valence-corrected chi connectivity index (χ2v) is 5.03. The molecule has 22 heavy (non-hydrogen) atoms. The maximum absolute atomic E-state index is 12.1. The van der Waals surface area contributed by atoms with E-state index in [1.807, 2.05) is 0 Å². The van der Waals surface area contributed by atoms with E-state index in [1.54, 1.807) is 26.0 Å². The minimum Gasteiger partial charge on any atom is -0.508 e. The van der Waals surface area contributed by atoms with Gasteiger partial charge in [0.25, 0.3) is 0 Å². The molecule has 1 aromatic carbocycles. The number of aromatic hydroxyl groups is 1. The van der Waals surface area contributed by atoms with Crippen LogP contribution in [0.3, 0.4) is 0 Å². The van der Waals surface area contributed by atoms with Gasteiger partial charge in [0, 0.05) is 11.4 Å². The van der Waals surface area contributed by atoms with E-state index >= 15 is 0 Å². The van der Waals surface area contributed by atoms with Crippen molar-refractivity contribution in [2.75, 3.05) is 7.11 Å². The highest BCUT2D eigenvalue weighted by Gasteiger charge is 2.37. The lowest BCUT2D eigenvalue weighted by atomic mass is 9.80. The zero-order valence-electron chi connectivity index (χ0n) is 12.5. The smallest absolute Gasteiger partial charge is 0.336 e. The summed E-state index contributed by atoms with van der Waals surface area (Å²) in [6.45, 7) is 3.32. The van der Waals surface area contributed by atoms with Crippen LogP contribution in [0.5, 0.6) is 5.75 Å². The van der Waals surface area contributed by atoms with E-state index in [-0.39, 0.29) is 16.9 Å². The Morgan fingerprint density at radius 2 is 1.82 bits per heavy atom. The molecule has 1 heterocycles. The molecule has 0 bridgehead atoms. The van der Waals surface area contributed by atoms with Crippen molar-refractivity contribution in [2.24, 2.45) is 0 Å². The predicted molar refractivity (Wildman–Crippen MR) is 79.0 cm³/mol. The number of rotatable bonds is 3. The molecule has 0 saturated carbocycles. The Morgan fingerprint density at radius 1 is 1.18 bits per heavy atom. The van der Waals surface area contributed by atoms with E-state index in [1.165, 1.54) is 19.2 Å². The number of carbonyl (C=O) groups is 2. The molecule has 3 N–H and O–H groups in total. The van der Waals surface area contributed by atoms with E-state index in [0.717, 1.165) is 0 Å². The first kappa shape index (κ1) is 15.6. The van der Waals surface area contributed by atoms with E-state index in [2.05, 4.69) is 5.32 Å². The number of aliphatic carboxylic acids is 1. The number of nitrogens with one attached hydrogen (secondary N) is 1. The monoisotopic (exact) mass is 303 g/mol. The predicted octanol–water partition coefficient (Wildman–Crippen LogP) is 1.88. The lowest BCUT2D eigenvalue weighted by molar-refractivity contribution is -0.136. The van der Waals surface area contributed by atoms with Gasteiger partial charge in [-0.1, -0.05) is 12.1 Å². The molecule has 2 rings (SSSR count). The fourth-order valence-electron chi connectivity index (χ4n) is 2.70. The number of phenols is 1. The van der Waals surface area contributed by atoms with Gasteiger partial charge in [-0.2, -0.15) is 0 Å². The molecule has 0 aromatic heterocycles. The van der Waals surface area contributed by atoms with Crippen LogP contribution in [0.2, 0.25) is 0 Å². The molecule has 1 aliphatic heterocycles. The summed E-state index contributed by atoms with van der Waals surface area (Å²) in [4.78, 5) is 23.8. The van der Waals surface area contributed by atoms with E-state index < -0.39 is 17.9 Å². The van der Waals surface area contributed by atoms with Crippen LogP contribution in [0.4, 0.5) is 0 Å². The molecule has 1 unspecified atom stereocenters. The number of allylic oxidation sites excluding steroid dienone is 2. The zero-order chi connectivity index (χ0) is 16.4. The van der Waals surface area contributed by atoms with Crippen LogP contribution in [0.25, 0.3) is 0 Å². The molecule has 1 atom stereocenters. The zero-order valence-corrected chi connectivity index (χ0v) is 12.5. The summed E-state index contributed by atoms with van der Waals surface area (Å²) in [7, 11) is 1.24. The van der Waals surface area contributed by atoms with E-state index in [9.17, 15) is 19.8 Å². The molecule has 0 saturated heterocycles. The van der Waals surface area contributed by atoms with Gasteiger partial charge in [-0.15, -0.1) is 0 Å². The summed E-state index contributed by atoms with van der Waals surface area (Å²) in [5.74, 6) is -2.55. The van der Waals surface area contributed by atoms with Crippen molar-refractivity contribution < 1.29 is 24.5 Å². The average Bonchev–Trinajstić information content (AvgIpc) is 2.45. The Hall–Kier alpha value is -2.76. The standard InChI is InChI=1S/C16H17NO5/c1-8-12(15(19)20)14(10-5-4-6-11(18)7-10)13(9(2)17-8)16(21)22-3/h4-7,14,17-18H,1-3H3,(H,19,20). The van der Waals surface area contributed by atoms with Crippen LogP contribution >= 0.6 is 0 Å². The van der Waals surface area contributed by atoms with Gasteiger partial charge >= 0.3 is 11.9 Å². The minimum atomic E-state index is -1.13. The molecule has 6 nitrogen and oxygen atoms in total. The number of hydrogen-bond donors (Lipinski definition) is 3. The van der Waals surface area contributed by atoms with Gasteiger partial charge in [-0.3, -0.25) is 0 Å². The van der Waals surface area contributed by atoms with Gasteiger partial charge in [-0.25, -0.2) is 9.59 Å². The van der Waals surface area contributed by atoms with Gasteiger partial charge in [0.1, 0.15) is 5.75 Å². The Labute approximate surface area is 127 Å². The van der Waals surface area contributed by atoms with Crippen molar-refractivity contribution >= 4 is 11.9 Å². The van der Waals surface area contributed by atoms with Crippen molar-refractivity contribution in [3.63, 3.8) is 0 Å². The summed E-state index contributed by atoms with van der Waals surface area (Å²) in [6.07, 6.45) is 0. The Bertz CT molecular complexity index is 702. The number of benzene rings is 1. The van der Waals surface area contributed by atoms with E-state index in [0.29, 0.717) is 17.0 Å². The molecule has 0 fully saturated rings. The number of ether oxygens (including phenoxy) is 1. The number of hydrogen-bond acceptors (Lipinski definition) is 5. The fraction of sp³-hybridized carbons (Fsp3) is 0.250. The Morgan fingerprint density at radius 3 is 2.36 bits per heavy atom. The summed E-state index contributed by atoms with van der Waals surface area (Å²) < 4.78 is 4.79. The molecule has 1 aliphatic rings. The van der Waals surface area contributed by atoms with Crippen molar-refractivity contribution in [2.45, 2.75) is 19.8 Å². The first-order chi connectivity index (χ1) is 10.4. The second kappa shape index (κ2) is 5.93. The highest BCUT2D eigenvalue weighted by Crippen LogP contribution is 2.39. The highest BCUT2D eigenvalue weighted by molar-refractivity contribution is 5.99. The summed E-state index contributed by atoms with van der Waals surface area (Å²) in [6, 6.07) is 6.20. The largest absolute Gasteiger partial charge is 0.508 e. The molecule has 1 aromatic rings. The summed E-state index contributed by atoms with van der Waals surface area (Å²) in [5, 5.41) is 22.1. The lowest BCUT2D eigenvalue weighted by Crippen LogP contribution is -2.31. The molecule has 0 spiro atoms. The van der Waals surface area contributed by atoms with Gasteiger partial charge in [0.15, 0.2) is 0 Å². The van der Waals surface area contributed by atoms with Gasteiger partial charge in [0.2, 0.25) is 0 Å². The Kier molecular flexibility index (Phi) is 4.21. The van der Waals surface area contributed by atoms with Crippen LogP contribution in [0.1, 0.15) is 25.3 Å². The normalized spacial score (nSPS) is 18.0. The minimum absolute atomic E-state index is 0.000272. The van der Waals surface area contributed by atoms with Crippen molar-refractivity contribution in [1.82, 2.24) is 5.32 Å². The number of phenolic OH excluding ortho intramolecular Hbond substituents is 1. The van der Waals surface area contributed by atoms with Crippen LogP contribution in [0, 0.1) is 0 Å². The topological polar surface area (TPSA) is 95.9 Å². The second-order valence-electron chi connectivity index (χ2n) is 5.03. The van der Waals surface area contributed by atoms with Crippen molar-refractivity contribution in [3.05, 3.63) is 52.4 Å². The number of carbonyl (C=O) groups excluding carboxylic acids is 1. The van der Waals surface area contributed by atoms with Crippen LogP contribution in [-0.4, -0.2) is 29.3 Å². The number of methoxy groups -OCH3 is 1. The molecular formula is C16H17NO5. The first-order valence-corrected chi connectivity index (χ1v) is 6.66. The van der Waals surface area contributed by atoms with Gasteiger partial charge in [-0.05, 0) is 31.5 Å². The van der Waals surface area contributed by atoms with E-state index in [4.69, 9.17) is 4.74 Å². The number of carboxylic acids is 1. The third kappa shape index (κ3) is 2.67. The molecule has 0 radical (unpaired) electrons. The molecular weight excluding hydrogens is 286 g/mol. The maximum atomic E-state index is 12.1. The Balaban J connectivity index is 2.70. The number of esters is 1. The van der Waals surface area contributed by atoms with Crippen LogP contribution in [0.15, 0.2) is 46.8 Å². The summed E-state index contributed by atoms with van der Waals surface area (Å²) >= 11 is 0. The molecule has 0 aliphatic carbocycles. The third-order valence-electron chi connectivity index (χ3n) is 3.60. The van der Waals surface area contributed by atoms with Gasteiger partial charge < -0.3 is 20.3 Å². The lowest BCUT2D eigenvalue weighted by Gasteiger charge is -2.29. The average molecular weight is 303 g/mol. The molecule has 6 heteroatoms. The highest BCUT2D eigenvalue weighted by atomic mass is 16.5. The van der Waals surface area contributed by atoms with Gasteiger partial charge in [0.05, 0.1) is 24.2 Å². The quantitative estimate of drug-likeness (QED) is 0.738. The van der Waals surface area contributed by atoms with Crippen molar-refractivity contribution in [1.29, 1.82) is 0 Å². The van der Waals surface area contributed by atoms with Crippen LogP contribution in [-0.2, 0) is 14.3 Å². The maximum Gasteiger partial charge on any atom is 0.336 e. The first-order valence-electron chi connectivity index (χ1n) is 6.66.